The highest BCUT2D eigenvalue weighted by molar-refractivity contribution is 9.10. The Kier molecular flexibility index (Phi) is 6.53. The van der Waals surface area contributed by atoms with E-state index in [2.05, 4.69) is 48.1 Å². The normalized spacial score (nSPS) is 14.6. The van der Waals surface area contributed by atoms with E-state index in [9.17, 15) is 0 Å². The van der Waals surface area contributed by atoms with Crippen LogP contribution in [0.25, 0.3) is 0 Å². The van der Waals surface area contributed by atoms with E-state index >= 15 is 0 Å². The molecule has 0 bridgehead atoms. The van der Waals surface area contributed by atoms with E-state index in [-0.39, 0.29) is 0 Å². The molecule has 0 saturated heterocycles. The molecule has 0 heterocycles. The van der Waals surface area contributed by atoms with Crippen LogP contribution < -0.4 is 5.32 Å². The maximum atomic E-state index is 5.99. The molecular weight excluding hydrogens is 298 g/mol. The number of benzene rings is 1. The number of hydrogen-bond acceptors (Lipinski definition) is 1. The van der Waals surface area contributed by atoms with Crippen LogP contribution in [0, 0.1) is 5.92 Å². The average molecular weight is 319 g/mol. The van der Waals surface area contributed by atoms with Crippen LogP contribution in [0.15, 0.2) is 22.7 Å². The second-order valence-electron chi connectivity index (χ2n) is 4.48. The Morgan fingerprint density at radius 1 is 1.35 bits per heavy atom. The minimum atomic E-state index is 0.395. The minimum Gasteiger partial charge on any atom is -0.310 e. The second kappa shape index (κ2) is 7.40. The molecule has 2 unspecified atom stereocenters. The molecule has 0 aromatic heterocycles. The van der Waals surface area contributed by atoms with Crippen molar-refractivity contribution in [2.45, 2.75) is 39.7 Å². The standard InChI is InChI=1S/C14H21BrClN/c1-4-8-17-14(10(3)5-2)12-7-6-11(16)9-13(12)15/h6-7,9-10,14,17H,4-5,8H2,1-3H3. The quantitative estimate of drug-likeness (QED) is 0.761. The van der Waals surface area contributed by atoms with Gasteiger partial charge in [0.1, 0.15) is 0 Å². The van der Waals surface area contributed by atoms with Gasteiger partial charge in [-0.3, -0.25) is 0 Å². The lowest BCUT2D eigenvalue weighted by molar-refractivity contribution is 0.376. The molecule has 0 radical (unpaired) electrons. The monoisotopic (exact) mass is 317 g/mol. The lowest BCUT2D eigenvalue weighted by atomic mass is 9.92. The molecule has 2 atom stereocenters. The lowest BCUT2D eigenvalue weighted by Gasteiger charge is -2.26. The first kappa shape index (κ1) is 15.0. The average Bonchev–Trinajstić information content (AvgIpc) is 2.31. The van der Waals surface area contributed by atoms with E-state index < -0.39 is 0 Å². The third-order valence-corrected chi connectivity index (χ3v) is 4.05. The molecule has 1 N–H and O–H groups in total. The largest absolute Gasteiger partial charge is 0.310 e. The molecule has 0 fully saturated rings. The zero-order chi connectivity index (χ0) is 12.8. The molecule has 0 aliphatic heterocycles. The van der Waals surface area contributed by atoms with Crippen molar-refractivity contribution < 1.29 is 0 Å². The van der Waals surface area contributed by atoms with Crippen molar-refractivity contribution >= 4 is 27.5 Å². The summed E-state index contributed by atoms with van der Waals surface area (Å²) in [5.74, 6) is 0.610. The van der Waals surface area contributed by atoms with Crippen LogP contribution in [0.2, 0.25) is 5.02 Å². The Balaban J connectivity index is 2.95. The van der Waals surface area contributed by atoms with Crippen LogP contribution in [0.5, 0.6) is 0 Å². The van der Waals surface area contributed by atoms with E-state index in [0.29, 0.717) is 12.0 Å². The van der Waals surface area contributed by atoms with Crippen LogP contribution in [0.1, 0.15) is 45.2 Å². The molecule has 17 heavy (non-hydrogen) atoms. The highest BCUT2D eigenvalue weighted by Gasteiger charge is 2.19. The summed E-state index contributed by atoms with van der Waals surface area (Å²) in [7, 11) is 0. The fourth-order valence-electron chi connectivity index (χ4n) is 1.91. The van der Waals surface area contributed by atoms with Gasteiger partial charge in [-0.1, -0.05) is 60.8 Å². The highest BCUT2D eigenvalue weighted by atomic mass is 79.9. The summed E-state index contributed by atoms with van der Waals surface area (Å²) < 4.78 is 1.10. The van der Waals surface area contributed by atoms with Crippen LogP contribution in [0.3, 0.4) is 0 Å². The van der Waals surface area contributed by atoms with Crippen molar-refractivity contribution in [3.8, 4) is 0 Å². The Bertz CT molecular complexity index is 354. The van der Waals surface area contributed by atoms with Crippen molar-refractivity contribution in [2.75, 3.05) is 6.54 Å². The third-order valence-electron chi connectivity index (χ3n) is 3.12. The predicted octanol–water partition coefficient (Wildman–Crippen LogP) is 5.19. The van der Waals surface area contributed by atoms with Gasteiger partial charge in [-0.25, -0.2) is 0 Å². The van der Waals surface area contributed by atoms with Gasteiger partial charge in [0, 0.05) is 15.5 Å². The van der Waals surface area contributed by atoms with Crippen molar-refractivity contribution in [3.63, 3.8) is 0 Å². The van der Waals surface area contributed by atoms with Gasteiger partial charge < -0.3 is 5.32 Å². The van der Waals surface area contributed by atoms with Gasteiger partial charge in [0.25, 0.3) is 0 Å². The van der Waals surface area contributed by atoms with E-state index in [4.69, 9.17) is 11.6 Å². The van der Waals surface area contributed by atoms with Gasteiger partial charge in [0.15, 0.2) is 0 Å². The van der Waals surface area contributed by atoms with Crippen molar-refractivity contribution in [2.24, 2.45) is 5.92 Å². The lowest BCUT2D eigenvalue weighted by Crippen LogP contribution is -2.27. The molecule has 0 aliphatic rings. The molecule has 1 nitrogen and oxygen atoms in total. The van der Waals surface area contributed by atoms with Crippen LogP contribution >= 0.6 is 27.5 Å². The molecule has 1 rings (SSSR count). The van der Waals surface area contributed by atoms with Crippen molar-refractivity contribution in [3.05, 3.63) is 33.3 Å². The molecule has 0 amide bonds. The Hall–Kier alpha value is -0.0500. The van der Waals surface area contributed by atoms with Gasteiger partial charge in [0.2, 0.25) is 0 Å². The summed E-state index contributed by atoms with van der Waals surface area (Å²) in [6.45, 7) is 7.76. The number of halogens is 2. The minimum absolute atomic E-state index is 0.395. The Morgan fingerprint density at radius 3 is 2.59 bits per heavy atom. The molecule has 3 heteroatoms. The topological polar surface area (TPSA) is 12.0 Å². The summed E-state index contributed by atoms with van der Waals surface area (Å²) in [5.41, 5.74) is 1.30. The van der Waals surface area contributed by atoms with E-state index in [1.165, 1.54) is 5.56 Å². The maximum Gasteiger partial charge on any atom is 0.0417 e. The van der Waals surface area contributed by atoms with Crippen LogP contribution in [0.4, 0.5) is 0 Å². The Labute approximate surface area is 118 Å². The number of rotatable bonds is 6. The van der Waals surface area contributed by atoms with Gasteiger partial charge in [-0.15, -0.1) is 0 Å². The molecule has 0 saturated carbocycles. The summed E-state index contributed by atoms with van der Waals surface area (Å²) >= 11 is 9.60. The molecule has 0 spiro atoms. The SMILES string of the molecule is CCCNC(c1ccc(Cl)cc1Br)C(C)CC. The first-order valence-electron chi connectivity index (χ1n) is 6.28. The zero-order valence-corrected chi connectivity index (χ0v) is 13.1. The summed E-state index contributed by atoms with van der Waals surface area (Å²) in [4.78, 5) is 0. The van der Waals surface area contributed by atoms with Crippen molar-refractivity contribution in [1.29, 1.82) is 0 Å². The summed E-state index contributed by atoms with van der Waals surface area (Å²) in [5, 5.41) is 4.40. The number of hydrogen-bond donors (Lipinski definition) is 1. The van der Waals surface area contributed by atoms with Crippen LogP contribution in [-0.4, -0.2) is 6.54 Å². The van der Waals surface area contributed by atoms with Crippen LogP contribution in [-0.2, 0) is 0 Å². The van der Waals surface area contributed by atoms with Gasteiger partial charge in [0.05, 0.1) is 0 Å². The maximum absolute atomic E-state index is 5.99. The molecule has 1 aromatic rings. The number of nitrogens with one attached hydrogen (secondary N) is 1. The fourth-order valence-corrected chi connectivity index (χ4v) is 2.84. The first-order valence-corrected chi connectivity index (χ1v) is 7.45. The van der Waals surface area contributed by atoms with Gasteiger partial charge >= 0.3 is 0 Å². The third kappa shape index (κ3) is 4.27. The Morgan fingerprint density at radius 2 is 2.06 bits per heavy atom. The first-order chi connectivity index (χ1) is 8.10. The van der Waals surface area contributed by atoms with Gasteiger partial charge in [-0.2, -0.15) is 0 Å². The van der Waals surface area contributed by atoms with E-state index in [1.807, 2.05) is 12.1 Å². The molecule has 0 aliphatic carbocycles. The molecule has 1 aromatic carbocycles. The fraction of sp³-hybridized carbons (Fsp3) is 0.571. The highest BCUT2D eigenvalue weighted by Crippen LogP contribution is 2.32. The second-order valence-corrected chi connectivity index (χ2v) is 5.77. The van der Waals surface area contributed by atoms with E-state index in [1.54, 1.807) is 0 Å². The smallest absolute Gasteiger partial charge is 0.0417 e. The molecular formula is C14H21BrClN. The zero-order valence-electron chi connectivity index (χ0n) is 10.8. The summed E-state index contributed by atoms with van der Waals surface area (Å²) in [6.07, 6.45) is 2.31. The van der Waals surface area contributed by atoms with E-state index in [0.717, 1.165) is 28.9 Å². The van der Waals surface area contributed by atoms with Crippen molar-refractivity contribution in [1.82, 2.24) is 5.32 Å². The summed E-state index contributed by atoms with van der Waals surface area (Å²) in [6, 6.07) is 6.45. The molecule has 96 valence electrons. The van der Waals surface area contributed by atoms with Gasteiger partial charge in [-0.05, 0) is 36.6 Å². The predicted molar refractivity (Wildman–Crippen MR) is 79.6 cm³/mol.